The number of amides is 1. The Labute approximate surface area is 147 Å². The normalized spacial score (nSPS) is 13.6. The lowest BCUT2D eigenvalue weighted by Crippen LogP contribution is -2.45. The second-order valence-corrected chi connectivity index (χ2v) is 7.04. The summed E-state index contributed by atoms with van der Waals surface area (Å²) in [5, 5.41) is 5.62. The lowest BCUT2D eigenvalue weighted by atomic mass is 10.1. The number of benzene rings is 1. The average Bonchev–Trinajstić information content (AvgIpc) is 2.43. The minimum atomic E-state index is -0.839. The molecule has 0 saturated carbocycles. The van der Waals surface area contributed by atoms with E-state index in [-0.39, 0.29) is 11.9 Å². The Morgan fingerprint density at radius 2 is 1.96 bits per heavy atom. The Balaban J connectivity index is 2.83. The highest BCUT2D eigenvalue weighted by Gasteiger charge is 2.25. The van der Waals surface area contributed by atoms with Gasteiger partial charge in [0.25, 0.3) is 0 Å². The fourth-order valence-corrected chi connectivity index (χ4v) is 2.16. The van der Waals surface area contributed by atoms with Crippen molar-refractivity contribution in [2.75, 3.05) is 12.4 Å². The highest BCUT2D eigenvalue weighted by molar-refractivity contribution is 6.21. The molecular weight excluding hydrogens is 332 g/mol. The molecule has 2 N–H and O–H groups in total. The molecule has 0 fully saturated rings. The van der Waals surface area contributed by atoms with E-state index in [1.807, 2.05) is 31.2 Å². The largest absolute Gasteiger partial charge is 0.467 e. The van der Waals surface area contributed by atoms with E-state index in [9.17, 15) is 9.59 Å². The number of halogens is 1. The van der Waals surface area contributed by atoms with Crippen molar-refractivity contribution in [3.63, 3.8) is 0 Å². The fourth-order valence-electron chi connectivity index (χ4n) is 2.04. The molecule has 0 heterocycles. The smallest absolute Gasteiger partial charge is 0.408 e. The summed E-state index contributed by atoms with van der Waals surface area (Å²) < 4.78 is 9.95. The van der Waals surface area contributed by atoms with Crippen molar-refractivity contribution in [1.82, 2.24) is 5.32 Å². The third-order valence-corrected chi connectivity index (χ3v) is 3.02. The lowest BCUT2D eigenvalue weighted by Gasteiger charge is -2.22. The van der Waals surface area contributed by atoms with Crippen molar-refractivity contribution in [3.8, 4) is 0 Å². The van der Waals surface area contributed by atoms with E-state index in [0.717, 1.165) is 11.3 Å². The molecule has 7 heteroatoms. The Hall–Kier alpha value is -1.95. The zero-order valence-corrected chi connectivity index (χ0v) is 15.4. The molecule has 1 aromatic carbocycles. The number of hydrogen-bond acceptors (Lipinski definition) is 5. The van der Waals surface area contributed by atoms with Crippen molar-refractivity contribution < 1.29 is 19.1 Å². The quantitative estimate of drug-likeness (QED) is 0.464. The standard InChI is InChI=1S/C17H25ClN2O4/c1-11(18)19-13-8-6-7-12(9-13)10-14(15(21)23-5)20-16(22)24-17(2,3)4/h6-9,11,14,19H,10H2,1-5H3,(H,20,22). The van der Waals surface area contributed by atoms with Crippen LogP contribution in [0.2, 0.25) is 0 Å². The lowest BCUT2D eigenvalue weighted by molar-refractivity contribution is -0.143. The molecule has 1 rings (SSSR count). The van der Waals surface area contributed by atoms with Crippen molar-refractivity contribution in [2.24, 2.45) is 0 Å². The monoisotopic (exact) mass is 356 g/mol. The van der Waals surface area contributed by atoms with E-state index in [1.165, 1.54) is 7.11 Å². The number of esters is 1. The predicted molar refractivity (Wildman–Crippen MR) is 94.3 cm³/mol. The first-order valence-corrected chi connectivity index (χ1v) is 8.11. The van der Waals surface area contributed by atoms with Gasteiger partial charge in [0.2, 0.25) is 0 Å². The van der Waals surface area contributed by atoms with Crippen LogP contribution in [-0.4, -0.2) is 36.3 Å². The van der Waals surface area contributed by atoms with Crippen LogP contribution in [0.25, 0.3) is 0 Å². The summed E-state index contributed by atoms with van der Waals surface area (Å²) in [5.41, 5.74) is 0.807. The van der Waals surface area contributed by atoms with Gasteiger partial charge in [-0.15, -0.1) is 0 Å². The Kier molecular flexibility index (Phi) is 7.35. The topological polar surface area (TPSA) is 76.7 Å². The van der Waals surface area contributed by atoms with Crippen LogP contribution >= 0.6 is 11.6 Å². The van der Waals surface area contributed by atoms with E-state index in [4.69, 9.17) is 21.1 Å². The maximum Gasteiger partial charge on any atom is 0.408 e. The SMILES string of the molecule is COC(=O)C(Cc1cccc(NC(C)Cl)c1)NC(=O)OC(C)(C)C. The van der Waals surface area contributed by atoms with Crippen LogP contribution in [-0.2, 0) is 20.7 Å². The summed E-state index contributed by atoms with van der Waals surface area (Å²) in [7, 11) is 1.28. The van der Waals surface area contributed by atoms with Crippen molar-refractivity contribution >= 4 is 29.4 Å². The van der Waals surface area contributed by atoms with Crippen LogP contribution in [0, 0.1) is 0 Å². The molecule has 0 aliphatic carbocycles. The number of rotatable bonds is 6. The molecule has 0 bridgehead atoms. The second-order valence-electron chi connectivity index (χ2n) is 6.39. The van der Waals surface area contributed by atoms with E-state index in [1.54, 1.807) is 20.8 Å². The van der Waals surface area contributed by atoms with Crippen molar-refractivity contribution in [3.05, 3.63) is 29.8 Å². The number of methoxy groups -OCH3 is 1. The zero-order chi connectivity index (χ0) is 18.3. The van der Waals surface area contributed by atoms with Gasteiger partial charge in [0, 0.05) is 12.1 Å². The van der Waals surface area contributed by atoms with Gasteiger partial charge in [-0.05, 0) is 45.4 Å². The molecule has 0 aliphatic rings. The first kappa shape index (κ1) is 20.1. The molecule has 0 radical (unpaired) electrons. The van der Waals surface area contributed by atoms with E-state index in [2.05, 4.69) is 10.6 Å². The van der Waals surface area contributed by atoms with Gasteiger partial charge in [-0.2, -0.15) is 0 Å². The molecule has 1 amide bonds. The van der Waals surface area contributed by atoms with Gasteiger partial charge in [0.15, 0.2) is 0 Å². The number of carbonyl (C=O) groups is 2. The highest BCUT2D eigenvalue weighted by Crippen LogP contribution is 2.15. The zero-order valence-electron chi connectivity index (χ0n) is 14.7. The molecule has 24 heavy (non-hydrogen) atoms. The van der Waals surface area contributed by atoms with Crippen molar-refractivity contribution in [1.29, 1.82) is 0 Å². The molecular formula is C17H25ClN2O4. The van der Waals surface area contributed by atoms with E-state index in [0.29, 0.717) is 0 Å². The Morgan fingerprint density at radius 3 is 2.50 bits per heavy atom. The summed E-state index contributed by atoms with van der Waals surface area (Å²) in [6.45, 7) is 7.07. The molecule has 134 valence electrons. The van der Waals surface area contributed by atoms with Gasteiger partial charge in [0.1, 0.15) is 11.6 Å². The highest BCUT2D eigenvalue weighted by atomic mass is 35.5. The van der Waals surface area contributed by atoms with Gasteiger partial charge < -0.3 is 20.1 Å². The number of carbonyl (C=O) groups excluding carboxylic acids is 2. The van der Waals surface area contributed by atoms with Gasteiger partial charge in [-0.25, -0.2) is 9.59 Å². The molecule has 0 aromatic heterocycles. The molecule has 6 nitrogen and oxygen atoms in total. The number of hydrogen-bond donors (Lipinski definition) is 2. The molecule has 0 saturated heterocycles. The fraction of sp³-hybridized carbons (Fsp3) is 0.529. The van der Waals surface area contributed by atoms with Gasteiger partial charge in [-0.3, -0.25) is 0 Å². The summed E-state index contributed by atoms with van der Waals surface area (Å²) in [6.07, 6.45) is -0.389. The Morgan fingerprint density at radius 1 is 1.29 bits per heavy atom. The maximum absolute atomic E-state index is 12.0. The van der Waals surface area contributed by atoms with Gasteiger partial charge in [-0.1, -0.05) is 23.7 Å². The minimum absolute atomic E-state index is 0.225. The predicted octanol–water partition coefficient (Wildman–Crippen LogP) is 3.29. The van der Waals surface area contributed by atoms with E-state index >= 15 is 0 Å². The van der Waals surface area contributed by atoms with Crippen LogP contribution < -0.4 is 10.6 Å². The number of alkyl carbamates (subject to hydrolysis) is 1. The van der Waals surface area contributed by atoms with Gasteiger partial charge >= 0.3 is 12.1 Å². The Bertz CT molecular complexity index is 570. The summed E-state index contributed by atoms with van der Waals surface area (Å²) in [4.78, 5) is 23.9. The second kappa shape index (κ2) is 8.78. The summed E-state index contributed by atoms with van der Waals surface area (Å²) in [6, 6.07) is 6.60. The third-order valence-electron chi connectivity index (χ3n) is 2.91. The first-order valence-electron chi connectivity index (χ1n) is 7.67. The number of nitrogens with one attached hydrogen (secondary N) is 2. The van der Waals surface area contributed by atoms with Crippen LogP contribution in [0.1, 0.15) is 33.3 Å². The van der Waals surface area contributed by atoms with Crippen LogP contribution in [0.5, 0.6) is 0 Å². The number of ether oxygens (including phenoxy) is 2. The molecule has 2 atom stereocenters. The summed E-state index contributed by atoms with van der Waals surface area (Å²) in [5.74, 6) is -0.537. The maximum atomic E-state index is 12.0. The van der Waals surface area contributed by atoms with Gasteiger partial charge in [0.05, 0.1) is 12.6 Å². The average molecular weight is 357 g/mol. The molecule has 1 aromatic rings. The number of anilines is 1. The minimum Gasteiger partial charge on any atom is -0.467 e. The summed E-state index contributed by atoms with van der Waals surface area (Å²) >= 11 is 5.91. The number of alkyl halides is 1. The van der Waals surface area contributed by atoms with Crippen molar-refractivity contribution in [2.45, 2.75) is 51.3 Å². The van der Waals surface area contributed by atoms with Crippen LogP contribution in [0.3, 0.4) is 0 Å². The van der Waals surface area contributed by atoms with Crippen LogP contribution in [0.4, 0.5) is 10.5 Å². The molecule has 0 aliphatic heterocycles. The third kappa shape index (κ3) is 7.55. The molecule has 2 unspecified atom stereocenters. The first-order chi connectivity index (χ1) is 11.1. The van der Waals surface area contributed by atoms with E-state index < -0.39 is 23.7 Å². The molecule has 0 spiro atoms. The van der Waals surface area contributed by atoms with Crippen LogP contribution in [0.15, 0.2) is 24.3 Å².